The minimum Gasteiger partial charge on any atom is -0.480 e. The van der Waals surface area contributed by atoms with E-state index in [4.69, 9.17) is 0 Å². The van der Waals surface area contributed by atoms with Crippen molar-refractivity contribution >= 4 is 35.1 Å². The van der Waals surface area contributed by atoms with E-state index in [0.29, 0.717) is 5.75 Å². The highest BCUT2D eigenvalue weighted by atomic mass is 32.2. The summed E-state index contributed by atoms with van der Waals surface area (Å²) in [5.41, 5.74) is 0. The maximum atomic E-state index is 12.5. The average molecular weight is 328 g/mol. The van der Waals surface area contributed by atoms with Crippen LogP contribution in [0.4, 0.5) is 4.79 Å². The molecule has 1 aromatic rings. The third-order valence-corrected chi connectivity index (χ3v) is 6.11. The number of carbonyl (C=O) groups excluding carboxylic acids is 1. The number of thioether (sulfide) groups is 1. The van der Waals surface area contributed by atoms with Gasteiger partial charge in [0.2, 0.25) is 0 Å². The van der Waals surface area contributed by atoms with Crippen LogP contribution in [-0.4, -0.2) is 39.2 Å². The van der Waals surface area contributed by atoms with E-state index in [0.717, 1.165) is 4.88 Å². The van der Waals surface area contributed by atoms with Gasteiger partial charge in [-0.25, -0.2) is 9.59 Å². The van der Waals surface area contributed by atoms with E-state index in [9.17, 15) is 14.7 Å². The monoisotopic (exact) mass is 328 g/mol. The SMILES string of the molecule is CC(NC(=O)N1C(C(=O)O)CSC1C(C)C)c1cccs1. The second-order valence-electron chi connectivity index (χ2n) is 5.42. The molecule has 0 radical (unpaired) electrons. The zero-order valence-electron chi connectivity index (χ0n) is 12.3. The highest BCUT2D eigenvalue weighted by Gasteiger charge is 2.43. The summed E-state index contributed by atoms with van der Waals surface area (Å²) in [7, 11) is 0. The van der Waals surface area contributed by atoms with Gasteiger partial charge >= 0.3 is 12.0 Å². The van der Waals surface area contributed by atoms with Crippen LogP contribution in [0.1, 0.15) is 31.7 Å². The number of amides is 2. The molecule has 3 atom stereocenters. The van der Waals surface area contributed by atoms with Crippen LogP contribution in [0.15, 0.2) is 17.5 Å². The normalized spacial score (nSPS) is 23.3. The van der Waals surface area contributed by atoms with E-state index in [1.54, 1.807) is 11.3 Å². The van der Waals surface area contributed by atoms with Crippen molar-refractivity contribution < 1.29 is 14.7 Å². The number of thiophene rings is 1. The van der Waals surface area contributed by atoms with Crippen molar-refractivity contribution in [3.05, 3.63) is 22.4 Å². The highest BCUT2D eigenvalue weighted by Crippen LogP contribution is 2.34. The second kappa shape index (κ2) is 6.70. The fraction of sp³-hybridized carbons (Fsp3) is 0.571. The Morgan fingerprint density at radius 2 is 2.14 bits per heavy atom. The number of nitrogens with one attached hydrogen (secondary N) is 1. The van der Waals surface area contributed by atoms with Crippen LogP contribution in [0.5, 0.6) is 0 Å². The molecule has 2 amide bonds. The third-order valence-electron chi connectivity index (χ3n) is 3.43. The van der Waals surface area contributed by atoms with Crippen molar-refractivity contribution in [2.75, 3.05) is 5.75 Å². The first-order chi connectivity index (χ1) is 9.91. The number of carbonyl (C=O) groups is 2. The largest absolute Gasteiger partial charge is 0.480 e. The Morgan fingerprint density at radius 1 is 1.43 bits per heavy atom. The van der Waals surface area contributed by atoms with Crippen molar-refractivity contribution in [1.82, 2.24) is 10.2 Å². The number of hydrogen-bond donors (Lipinski definition) is 2. The standard InChI is InChI=1S/C14H20N2O3S2/c1-8(2)12-16(10(7-21-12)13(17)18)14(19)15-9(3)11-5-4-6-20-11/h4-6,8-10,12H,7H2,1-3H3,(H,15,19)(H,17,18). The van der Waals surface area contributed by atoms with E-state index in [1.165, 1.54) is 16.7 Å². The van der Waals surface area contributed by atoms with Crippen LogP contribution in [0.25, 0.3) is 0 Å². The Labute approximate surface area is 132 Å². The Hall–Kier alpha value is -1.21. The molecule has 2 rings (SSSR count). The molecule has 0 spiro atoms. The smallest absolute Gasteiger partial charge is 0.327 e. The molecule has 3 unspecified atom stereocenters. The predicted molar refractivity (Wildman–Crippen MR) is 85.6 cm³/mol. The molecule has 0 saturated carbocycles. The lowest BCUT2D eigenvalue weighted by atomic mass is 10.1. The van der Waals surface area contributed by atoms with Crippen molar-refractivity contribution in [2.45, 2.75) is 38.2 Å². The molecule has 1 aromatic heterocycles. The summed E-state index contributed by atoms with van der Waals surface area (Å²) in [6.45, 7) is 5.92. The van der Waals surface area contributed by atoms with Gasteiger partial charge in [-0.15, -0.1) is 23.1 Å². The average Bonchev–Trinajstić information content (AvgIpc) is 3.07. The fourth-order valence-corrected chi connectivity index (χ4v) is 4.56. The Kier molecular flexibility index (Phi) is 5.16. The molecular formula is C14H20N2O3S2. The molecule has 2 N–H and O–H groups in total. The third kappa shape index (κ3) is 3.52. The molecule has 1 aliphatic rings. The van der Waals surface area contributed by atoms with Crippen LogP contribution in [0, 0.1) is 5.92 Å². The maximum Gasteiger partial charge on any atom is 0.327 e. The number of carboxylic acids is 1. The first-order valence-electron chi connectivity index (χ1n) is 6.88. The number of nitrogens with zero attached hydrogens (tertiary/aromatic N) is 1. The Bertz CT molecular complexity index is 504. The van der Waals surface area contributed by atoms with Gasteiger partial charge in [0, 0.05) is 10.6 Å². The molecule has 2 heterocycles. The number of aliphatic carboxylic acids is 1. The number of rotatable bonds is 4. The Morgan fingerprint density at radius 3 is 2.67 bits per heavy atom. The summed E-state index contributed by atoms with van der Waals surface area (Å²) < 4.78 is 0. The van der Waals surface area contributed by atoms with Gasteiger partial charge in [-0.2, -0.15) is 0 Å². The molecule has 7 heteroatoms. The van der Waals surface area contributed by atoms with E-state index in [-0.39, 0.29) is 23.4 Å². The molecule has 0 aliphatic carbocycles. The lowest BCUT2D eigenvalue weighted by molar-refractivity contribution is -0.141. The summed E-state index contributed by atoms with van der Waals surface area (Å²) >= 11 is 3.11. The van der Waals surface area contributed by atoms with Crippen LogP contribution in [-0.2, 0) is 4.79 Å². The van der Waals surface area contributed by atoms with Crippen molar-refractivity contribution in [2.24, 2.45) is 5.92 Å². The quantitative estimate of drug-likeness (QED) is 0.891. The number of carboxylic acid groups (broad SMARTS) is 1. The summed E-state index contributed by atoms with van der Waals surface area (Å²) in [5.74, 6) is -0.286. The minimum atomic E-state index is -0.940. The molecule has 1 saturated heterocycles. The van der Waals surface area contributed by atoms with Gasteiger partial charge in [-0.1, -0.05) is 19.9 Å². The lowest BCUT2D eigenvalue weighted by Crippen LogP contribution is -2.51. The summed E-state index contributed by atoms with van der Waals surface area (Å²) in [4.78, 5) is 26.4. The number of urea groups is 1. The molecule has 21 heavy (non-hydrogen) atoms. The lowest BCUT2D eigenvalue weighted by Gasteiger charge is -2.30. The molecule has 116 valence electrons. The molecule has 1 fully saturated rings. The highest BCUT2D eigenvalue weighted by molar-refractivity contribution is 8.00. The topological polar surface area (TPSA) is 69.6 Å². The van der Waals surface area contributed by atoms with E-state index < -0.39 is 12.0 Å². The van der Waals surface area contributed by atoms with Crippen LogP contribution < -0.4 is 5.32 Å². The van der Waals surface area contributed by atoms with E-state index >= 15 is 0 Å². The van der Waals surface area contributed by atoms with Gasteiger partial charge in [0.25, 0.3) is 0 Å². The zero-order valence-corrected chi connectivity index (χ0v) is 13.9. The Balaban J connectivity index is 2.11. The maximum absolute atomic E-state index is 12.5. The van der Waals surface area contributed by atoms with Crippen LogP contribution in [0.3, 0.4) is 0 Å². The number of hydrogen-bond acceptors (Lipinski definition) is 4. The zero-order chi connectivity index (χ0) is 15.6. The van der Waals surface area contributed by atoms with E-state index in [2.05, 4.69) is 5.32 Å². The van der Waals surface area contributed by atoms with Gasteiger partial charge in [0.15, 0.2) is 0 Å². The molecule has 0 aromatic carbocycles. The van der Waals surface area contributed by atoms with Gasteiger partial charge < -0.3 is 10.4 Å². The van der Waals surface area contributed by atoms with Gasteiger partial charge in [-0.05, 0) is 24.3 Å². The first kappa shape index (κ1) is 16.2. The molecule has 1 aliphatic heterocycles. The summed E-state index contributed by atoms with van der Waals surface area (Å²) in [5, 5.41) is 14.1. The van der Waals surface area contributed by atoms with Crippen LogP contribution >= 0.6 is 23.1 Å². The minimum absolute atomic E-state index is 0.0957. The van der Waals surface area contributed by atoms with Gasteiger partial charge in [0.1, 0.15) is 6.04 Å². The summed E-state index contributed by atoms with van der Waals surface area (Å²) in [6, 6.07) is 2.73. The van der Waals surface area contributed by atoms with Crippen molar-refractivity contribution in [1.29, 1.82) is 0 Å². The second-order valence-corrected chi connectivity index (χ2v) is 7.54. The fourth-order valence-electron chi connectivity index (χ4n) is 2.36. The van der Waals surface area contributed by atoms with Crippen LogP contribution in [0.2, 0.25) is 0 Å². The molecule has 5 nitrogen and oxygen atoms in total. The molecule has 0 bridgehead atoms. The predicted octanol–water partition coefficient (Wildman–Crippen LogP) is 3.00. The van der Waals surface area contributed by atoms with Gasteiger partial charge in [0.05, 0.1) is 11.4 Å². The van der Waals surface area contributed by atoms with E-state index in [1.807, 2.05) is 38.3 Å². The van der Waals surface area contributed by atoms with Crippen molar-refractivity contribution in [3.63, 3.8) is 0 Å². The van der Waals surface area contributed by atoms with Crippen molar-refractivity contribution in [3.8, 4) is 0 Å². The van der Waals surface area contributed by atoms with Gasteiger partial charge in [-0.3, -0.25) is 4.90 Å². The first-order valence-corrected chi connectivity index (χ1v) is 8.81. The molecular weight excluding hydrogens is 308 g/mol. The summed E-state index contributed by atoms with van der Waals surface area (Å²) in [6.07, 6.45) is 0.